The number of sulfone groups is 1. The molecule has 0 saturated heterocycles. The highest BCUT2D eigenvalue weighted by atomic mass is 32.2. The number of rotatable bonds is 11. The molecule has 1 heterocycles. The molecule has 2 unspecified atom stereocenters. The van der Waals surface area contributed by atoms with Crippen LogP contribution >= 0.6 is 0 Å². The van der Waals surface area contributed by atoms with Gasteiger partial charge in [0, 0.05) is 24.2 Å². The Bertz CT molecular complexity index is 1240. The molecule has 0 radical (unpaired) electrons. The molecule has 2 saturated carbocycles. The molecule has 2 fully saturated rings. The summed E-state index contributed by atoms with van der Waals surface area (Å²) in [7, 11) is -3.63. The van der Waals surface area contributed by atoms with E-state index in [4.69, 9.17) is 0 Å². The molecule has 12 heteroatoms. The first-order valence-corrected chi connectivity index (χ1v) is 13.9. The molecule has 1 aromatic heterocycles. The van der Waals surface area contributed by atoms with Crippen LogP contribution in [0.25, 0.3) is 0 Å². The van der Waals surface area contributed by atoms with Gasteiger partial charge in [-0.05, 0) is 61.3 Å². The summed E-state index contributed by atoms with van der Waals surface area (Å²) < 4.78 is 106. The van der Waals surface area contributed by atoms with Crippen molar-refractivity contribution in [3.8, 4) is 5.88 Å². The van der Waals surface area contributed by atoms with E-state index in [0.29, 0.717) is 31.2 Å². The van der Waals surface area contributed by atoms with Crippen molar-refractivity contribution < 1.29 is 44.3 Å². The van der Waals surface area contributed by atoms with Gasteiger partial charge in [-0.1, -0.05) is 25.0 Å². The summed E-state index contributed by atoms with van der Waals surface area (Å²) in [5, 5.41) is -0.564. The van der Waals surface area contributed by atoms with Crippen molar-refractivity contribution >= 4 is 15.6 Å². The first-order chi connectivity index (χ1) is 17.7. The molecule has 2 aliphatic carbocycles. The molecule has 5 nitrogen and oxygen atoms in total. The van der Waals surface area contributed by atoms with Crippen molar-refractivity contribution in [2.75, 3.05) is 6.61 Å². The summed E-state index contributed by atoms with van der Waals surface area (Å²) in [6, 6.07) is 8.44. The Labute approximate surface area is 216 Å². The number of hydrogen-bond acceptors (Lipinski definition) is 5. The zero-order chi connectivity index (χ0) is 27.7. The van der Waals surface area contributed by atoms with E-state index in [1.807, 2.05) is 0 Å². The Balaban J connectivity index is 1.18. The van der Waals surface area contributed by atoms with Crippen molar-refractivity contribution in [3.63, 3.8) is 0 Å². The maximum atomic E-state index is 13.0. The van der Waals surface area contributed by atoms with E-state index < -0.39 is 45.9 Å². The summed E-state index contributed by atoms with van der Waals surface area (Å²) in [4.78, 5) is 16.1. The van der Waals surface area contributed by atoms with Crippen LogP contribution < -0.4 is 4.74 Å². The normalized spacial score (nSPS) is 23.5. The van der Waals surface area contributed by atoms with Gasteiger partial charge >= 0.3 is 12.4 Å². The van der Waals surface area contributed by atoms with Crippen LogP contribution in [0.5, 0.6) is 5.88 Å². The number of ether oxygens (including phenoxy) is 1. The van der Waals surface area contributed by atoms with Crippen molar-refractivity contribution in [1.29, 1.82) is 0 Å². The van der Waals surface area contributed by atoms with Crippen LogP contribution in [0.1, 0.15) is 66.8 Å². The third-order valence-electron chi connectivity index (χ3n) is 7.17. The molecule has 4 rings (SSSR count). The SMILES string of the molecule is O=C(CCCCC1CC(S(=O)(=O)c2cccc(C3CC3C(F)(F)F)c2)C1)c1ccc(OCC(F)(F)F)nc1. The number of alkyl halides is 6. The lowest BCUT2D eigenvalue weighted by atomic mass is 9.81. The summed E-state index contributed by atoms with van der Waals surface area (Å²) in [6.07, 6.45) is -4.40. The van der Waals surface area contributed by atoms with E-state index in [2.05, 4.69) is 9.72 Å². The number of Topliss-reactive ketones (excluding diaryl/α,β-unsaturated/α-hetero) is 1. The fourth-order valence-electron chi connectivity index (χ4n) is 4.85. The molecule has 0 N–H and O–H groups in total. The van der Waals surface area contributed by atoms with Crippen molar-refractivity contribution in [2.24, 2.45) is 11.8 Å². The van der Waals surface area contributed by atoms with Gasteiger partial charge in [0.05, 0.1) is 16.1 Å². The van der Waals surface area contributed by atoms with Gasteiger partial charge in [0.15, 0.2) is 22.2 Å². The summed E-state index contributed by atoms with van der Waals surface area (Å²) in [5.74, 6) is -2.32. The first-order valence-electron chi connectivity index (χ1n) is 12.3. The number of benzene rings is 1. The lowest BCUT2D eigenvalue weighted by Crippen LogP contribution is -2.36. The second-order valence-corrected chi connectivity index (χ2v) is 12.3. The number of nitrogens with zero attached hydrogens (tertiary/aromatic N) is 1. The lowest BCUT2D eigenvalue weighted by Gasteiger charge is -2.35. The topological polar surface area (TPSA) is 73.3 Å². The molecular weight excluding hydrogens is 536 g/mol. The standard InChI is InChI=1S/C26H27F6NO4S/c27-25(28,29)15-37-24-9-8-18(14-33-24)23(34)7-2-1-4-16-10-20(11-16)38(35,36)19-6-3-5-17(12-19)21-13-22(21)26(30,31)32/h3,5-6,8-9,12,14,16,20-22H,1-2,4,7,10-11,13,15H2. The molecular formula is C26H27F6NO4S. The third kappa shape index (κ3) is 7.06. The average molecular weight is 564 g/mol. The van der Waals surface area contributed by atoms with E-state index in [0.717, 1.165) is 6.42 Å². The molecule has 0 amide bonds. The van der Waals surface area contributed by atoms with Crippen LogP contribution in [0.3, 0.4) is 0 Å². The Hall–Kier alpha value is -2.63. The monoisotopic (exact) mass is 563 g/mol. The zero-order valence-corrected chi connectivity index (χ0v) is 21.1. The number of halogens is 6. The largest absolute Gasteiger partial charge is 0.468 e. The number of hydrogen-bond donors (Lipinski definition) is 0. The Morgan fingerprint density at radius 2 is 1.74 bits per heavy atom. The smallest absolute Gasteiger partial charge is 0.422 e. The predicted molar refractivity (Wildman–Crippen MR) is 126 cm³/mol. The molecule has 1 aromatic carbocycles. The molecule has 2 atom stereocenters. The van der Waals surface area contributed by atoms with Crippen molar-refractivity contribution in [1.82, 2.24) is 4.98 Å². The molecule has 0 spiro atoms. The highest BCUT2D eigenvalue weighted by Gasteiger charge is 2.56. The number of ketones is 1. The third-order valence-corrected chi connectivity index (χ3v) is 9.34. The maximum Gasteiger partial charge on any atom is 0.422 e. The second-order valence-electron chi connectivity index (χ2n) is 10.0. The van der Waals surface area contributed by atoms with Crippen LogP contribution in [-0.4, -0.2) is 43.4 Å². The van der Waals surface area contributed by atoms with Crippen molar-refractivity contribution in [2.45, 2.75) is 73.4 Å². The Kier molecular flexibility index (Phi) is 8.11. The van der Waals surface area contributed by atoms with E-state index in [1.165, 1.54) is 36.5 Å². The quantitative estimate of drug-likeness (QED) is 0.173. The second kappa shape index (κ2) is 10.9. The number of carbonyl (C=O) groups excluding carboxylic acids is 1. The van der Waals surface area contributed by atoms with Gasteiger partial charge in [-0.2, -0.15) is 26.3 Å². The lowest BCUT2D eigenvalue weighted by molar-refractivity contribution is -0.154. The fraction of sp³-hybridized carbons (Fsp3) is 0.538. The van der Waals surface area contributed by atoms with Crippen LogP contribution in [0.15, 0.2) is 47.5 Å². The van der Waals surface area contributed by atoms with E-state index >= 15 is 0 Å². The van der Waals surface area contributed by atoms with Crippen LogP contribution in [0, 0.1) is 11.8 Å². The number of aromatic nitrogens is 1. The van der Waals surface area contributed by atoms with Gasteiger partial charge in [0.1, 0.15) is 0 Å². The fourth-order valence-corrected chi connectivity index (χ4v) is 6.86. The van der Waals surface area contributed by atoms with Gasteiger partial charge in [-0.3, -0.25) is 4.79 Å². The zero-order valence-electron chi connectivity index (χ0n) is 20.3. The highest BCUT2D eigenvalue weighted by Crippen LogP contribution is 2.56. The van der Waals surface area contributed by atoms with Gasteiger partial charge in [-0.25, -0.2) is 13.4 Å². The van der Waals surface area contributed by atoms with Gasteiger partial charge in [0.25, 0.3) is 0 Å². The molecule has 0 bridgehead atoms. The van der Waals surface area contributed by atoms with Crippen LogP contribution in [0.4, 0.5) is 26.3 Å². The minimum atomic E-state index is -4.48. The van der Waals surface area contributed by atoms with E-state index in [1.54, 1.807) is 6.07 Å². The van der Waals surface area contributed by atoms with E-state index in [-0.39, 0.29) is 40.9 Å². The minimum Gasteiger partial charge on any atom is -0.468 e. The van der Waals surface area contributed by atoms with Gasteiger partial charge < -0.3 is 4.74 Å². The molecule has 0 aliphatic heterocycles. The number of carbonyl (C=O) groups is 1. The first kappa shape index (κ1) is 28.4. The van der Waals surface area contributed by atoms with Crippen LogP contribution in [0.2, 0.25) is 0 Å². The molecule has 2 aromatic rings. The van der Waals surface area contributed by atoms with Crippen LogP contribution in [-0.2, 0) is 9.84 Å². The molecule has 2 aliphatic rings. The Morgan fingerprint density at radius 3 is 2.34 bits per heavy atom. The highest BCUT2D eigenvalue weighted by molar-refractivity contribution is 7.92. The Morgan fingerprint density at radius 1 is 1.00 bits per heavy atom. The van der Waals surface area contributed by atoms with Crippen molar-refractivity contribution in [3.05, 3.63) is 53.7 Å². The van der Waals surface area contributed by atoms with Gasteiger partial charge in [0.2, 0.25) is 5.88 Å². The van der Waals surface area contributed by atoms with Gasteiger partial charge in [-0.15, -0.1) is 0 Å². The minimum absolute atomic E-state index is 0.0147. The molecule has 208 valence electrons. The number of unbranched alkanes of at least 4 members (excludes halogenated alkanes) is 1. The summed E-state index contributed by atoms with van der Waals surface area (Å²) in [6.45, 7) is -1.47. The average Bonchev–Trinajstić information content (AvgIpc) is 3.63. The summed E-state index contributed by atoms with van der Waals surface area (Å²) in [5.41, 5.74) is 0.682. The number of pyridine rings is 1. The summed E-state index contributed by atoms with van der Waals surface area (Å²) >= 11 is 0. The predicted octanol–water partition coefficient (Wildman–Crippen LogP) is 6.68. The van der Waals surface area contributed by atoms with E-state index in [9.17, 15) is 39.6 Å². The molecule has 38 heavy (non-hydrogen) atoms. The maximum absolute atomic E-state index is 13.0.